The zero-order valence-corrected chi connectivity index (χ0v) is 17.3. The number of rotatable bonds is 6. The van der Waals surface area contributed by atoms with Crippen LogP contribution in [-0.2, 0) is 6.54 Å². The van der Waals surface area contributed by atoms with Crippen LogP contribution in [0.25, 0.3) is 0 Å². The standard InChI is InChI=1S/C22H21ClN4O3/c1-14-3-6-16(11-19(14)23)27-22(29)26-13-15-4-7-17(8-5-15)30-18-9-10-25-20(12-18)21(28)24-2/h3-12H,13H2,1-2H3,(H,24,28)(H2,26,27,29). The van der Waals surface area contributed by atoms with Crippen LogP contribution >= 0.6 is 11.6 Å². The van der Waals surface area contributed by atoms with Gasteiger partial charge in [-0.25, -0.2) is 4.79 Å². The lowest BCUT2D eigenvalue weighted by Crippen LogP contribution is -2.28. The highest BCUT2D eigenvalue weighted by molar-refractivity contribution is 6.31. The van der Waals surface area contributed by atoms with Gasteiger partial charge in [0, 0.05) is 36.6 Å². The van der Waals surface area contributed by atoms with Gasteiger partial charge in [0.2, 0.25) is 0 Å². The Morgan fingerprint density at radius 1 is 1.03 bits per heavy atom. The summed E-state index contributed by atoms with van der Waals surface area (Å²) in [6.45, 7) is 2.25. The molecule has 154 valence electrons. The Morgan fingerprint density at radius 3 is 2.50 bits per heavy atom. The minimum atomic E-state index is -0.325. The lowest BCUT2D eigenvalue weighted by atomic mass is 10.2. The van der Waals surface area contributed by atoms with Crippen LogP contribution in [0.5, 0.6) is 11.5 Å². The highest BCUT2D eigenvalue weighted by atomic mass is 35.5. The minimum Gasteiger partial charge on any atom is -0.457 e. The molecule has 30 heavy (non-hydrogen) atoms. The molecule has 0 aliphatic rings. The van der Waals surface area contributed by atoms with Gasteiger partial charge in [0.25, 0.3) is 5.91 Å². The van der Waals surface area contributed by atoms with Crippen LogP contribution in [0.2, 0.25) is 5.02 Å². The number of aryl methyl sites for hydroxylation is 1. The number of pyridine rings is 1. The topological polar surface area (TPSA) is 92.4 Å². The maximum absolute atomic E-state index is 12.1. The van der Waals surface area contributed by atoms with Crippen molar-refractivity contribution in [1.29, 1.82) is 0 Å². The Hall–Kier alpha value is -3.58. The van der Waals surface area contributed by atoms with E-state index in [1.54, 1.807) is 43.4 Å². The monoisotopic (exact) mass is 424 g/mol. The molecule has 1 heterocycles. The summed E-state index contributed by atoms with van der Waals surface area (Å²) >= 11 is 6.07. The first kappa shape index (κ1) is 21.1. The normalized spacial score (nSPS) is 10.2. The van der Waals surface area contributed by atoms with E-state index < -0.39 is 0 Å². The van der Waals surface area contributed by atoms with Gasteiger partial charge in [0.05, 0.1) is 0 Å². The SMILES string of the molecule is CNC(=O)c1cc(Oc2ccc(CNC(=O)Nc3ccc(C)c(Cl)c3)cc2)ccn1. The summed E-state index contributed by atoms with van der Waals surface area (Å²) in [4.78, 5) is 27.7. The number of hydrogen-bond acceptors (Lipinski definition) is 4. The van der Waals surface area contributed by atoms with Crippen molar-refractivity contribution in [2.24, 2.45) is 0 Å². The fourth-order valence-electron chi connectivity index (χ4n) is 2.57. The molecule has 8 heteroatoms. The number of amides is 3. The number of carbonyl (C=O) groups is 2. The molecule has 0 fully saturated rings. The zero-order chi connectivity index (χ0) is 21.5. The van der Waals surface area contributed by atoms with E-state index in [2.05, 4.69) is 20.9 Å². The third kappa shape index (κ3) is 5.71. The number of anilines is 1. The molecule has 0 aliphatic heterocycles. The molecule has 3 rings (SSSR count). The first-order chi connectivity index (χ1) is 14.4. The zero-order valence-electron chi connectivity index (χ0n) is 16.5. The molecule has 3 N–H and O–H groups in total. The second-order valence-corrected chi connectivity index (χ2v) is 6.88. The van der Waals surface area contributed by atoms with Gasteiger partial charge in [-0.3, -0.25) is 9.78 Å². The highest BCUT2D eigenvalue weighted by Crippen LogP contribution is 2.22. The number of ether oxygens (including phenoxy) is 1. The van der Waals surface area contributed by atoms with E-state index in [0.29, 0.717) is 28.8 Å². The molecule has 1 aromatic heterocycles. The molecule has 0 aliphatic carbocycles. The lowest BCUT2D eigenvalue weighted by Gasteiger charge is -2.10. The van der Waals surface area contributed by atoms with Gasteiger partial charge in [-0.05, 0) is 48.4 Å². The first-order valence-corrected chi connectivity index (χ1v) is 9.58. The van der Waals surface area contributed by atoms with Crippen molar-refractivity contribution in [1.82, 2.24) is 15.6 Å². The molecule has 3 aromatic rings. The van der Waals surface area contributed by atoms with Gasteiger partial charge in [-0.2, -0.15) is 0 Å². The predicted octanol–water partition coefficient (Wildman–Crippen LogP) is 4.52. The van der Waals surface area contributed by atoms with Gasteiger partial charge in [-0.15, -0.1) is 0 Å². The van der Waals surface area contributed by atoms with Crippen molar-refractivity contribution in [3.63, 3.8) is 0 Å². The van der Waals surface area contributed by atoms with Gasteiger partial charge >= 0.3 is 6.03 Å². The van der Waals surface area contributed by atoms with Gasteiger partial charge in [-0.1, -0.05) is 29.8 Å². The van der Waals surface area contributed by atoms with E-state index in [1.165, 1.54) is 6.20 Å². The fourth-order valence-corrected chi connectivity index (χ4v) is 2.75. The van der Waals surface area contributed by atoms with E-state index >= 15 is 0 Å². The number of halogens is 1. The van der Waals surface area contributed by atoms with Crippen LogP contribution in [0.4, 0.5) is 10.5 Å². The van der Waals surface area contributed by atoms with Crippen LogP contribution in [0.3, 0.4) is 0 Å². The molecule has 0 unspecified atom stereocenters. The summed E-state index contributed by atoms with van der Waals surface area (Å²) < 4.78 is 5.76. The molecule has 7 nitrogen and oxygen atoms in total. The summed E-state index contributed by atoms with van der Waals surface area (Å²) in [7, 11) is 1.54. The third-order valence-corrected chi connectivity index (χ3v) is 4.64. The van der Waals surface area contributed by atoms with Crippen LogP contribution in [0.1, 0.15) is 21.6 Å². The van der Waals surface area contributed by atoms with Crippen LogP contribution < -0.4 is 20.7 Å². The summed E-state index contributed by atoms with van der Waals surface area (Å²) in [6, 6.07) is 15.5. The average Bonchev–Trinajstić information content (AvgIpc) is 2.75. The maximum Gasteiger partial charge on any atom is 0.319 e. The number of hydrogen-bond donors (Lipinski definition) is 3. The largest absolute Gasteiger partial charge is 0.457 e. The molecule has 3 amide bonds. The summed E-state index contributed by atoms with van der Waals surface area (Å²) in [6.07, 6.45) is 1.51. The van der Waals surface area contributed by atoms with Crippen LogP contribution in [-0.4, -0.2) is 24.0 Å². The number of benzene rings is 2. The Bertz CT molecular complexity index is 1050. The lowest BCUT2D eigenvalue weighted by molar-refractivity contribution is 0.0958. The van der Waals surface area contributed by atoms with Crippen molar-refractivity contribution in [2.45, 2.75) is 13.5 Å². The van der Waals surface area contributed by atoms with E-state index in [9.17, 15) is 9.59 Å². The van der Waals surface area contributed by atoms with E-state index in [4.69, 9.17) is 16.3 Å². The maximum atomic E-state index is 12.1. The average molecular weight is 425 g/mol. The molecular weight excluding hydrogens is 404 g/mol. The number of carbonyl (C=O) groups excluding carboxylic acids is 2. The molecule has 0 saturated heterocycles. The second-order valence-electron chi connectivity index (χ2n) is 6.47. The predicted molar refractivity (Wildman–Crippen MR) is 116 cm³/mol. The quantitative estimate of drug-likeness (QED) is 0.542. The van der Waals surface area contributed by atoms with Gasteiger partial charge < -0.3 is 20.7 Å². The smallest absolute Gasteiger partial charge is 0.319 e. The number of nitrogens with zero attached hydrogens (tertiary/aromatic N) is 1. The van der Waals surface area contributed by atoms with Crippen LogP contribution in [0.15, 0.2) is 60.8 Å². The Balaban J connectivity index is 1.53. The molecule has 0 bridgehead atoms. The van der Waals surface area contributed by atoms with Crippen molar-refractivity contribution < 1.29 is 14.3 Å². The first-order valence-electron chi connectivity index (χ1n) is 9.20. The Morgan fingerprint density at radius 2 is 1.80 bits per heavy atom. The second kappa shape index (κ2) is 9.76. The summed E-state index contributed by atoms with van der Waals surface area (Å²) in [5.74, 6) is 0.824. The van der Waals surface area contributed by atoms with Gasteiger partial charge in [0.1, 0.15) is 17.2 Å². The number of aromatic nitrogens is 1. The molecule has 0 saturated carbocycles. The molecule has 0 radical (unpaired) electrons. The summed E-state index contributed by atoms with van der Waals surface area (Å²) in [5.41, 5.74) is 2.75. The third-order valence-electron chi connectivity index (χ3n) is 4.23. The van der Waals surface area contributed by atoms with E-state index in [-0.39, 0.29) is 17.6 Å². The van der Waals surface area contributed by atoms with Gasteiger partial charge in [0.15, 0.2) is 0 Å². The van der Waals surface area contributed by atoms with Crippen molar-refractivity contribution in [3.8, 4) is 11.5 Å². The van der Waals surface area contributed by atoms with Crippen molar-refractivity contribution in [2.75, 3.05) is 12.4 Å². The molecule has 2 aromatic carbocycles. The highest BCUT2D eigenvalue weighted by Gasteiger charge is 2.07. The molecule has 0 spiro atoms. The van der Waals surface area contributed by atoms with Crippen molar-refractivity contribution in [3.05, 3.63) is 82.6 Å². The number of nitrogens with one attached hydrogen (secondary N) is 3. The van der Waals surface area contributed by atoms with Crippen LogP contribution in [0, 0.1) is 6.92 Å². The Labute approximate surface area is 179 Å². The van der Waals surface area contributed by atoms with E-state index in [0.717, 1.165) is 11.1 Å². The fraction of sp³-hybridized carbons (Fsp3) is 0.136. The summed E-state index contributed by atoms with van der Waals surface area (Å²) in [5, 5.41) is 8.65. The molecule has 0 atom stereocenters. The van der Waals surface area contributed by atoms with Crippen molar-refractivity contribution >= 4 is 29.2 Å². The number of urea groups is 1. The Kier molecular flexibility index (Phi) is 6.87. The minimum absolute atomic E-state index is 0.275. The van der Waals surface area contributed by atoms with E-state index in [1.807, 2.05) is 25.1 Å². The molecular formula is C22H21ClN4O3.